The van der Waals surface area contributed by atoms with Crippen molar-refractivity contribution in [3.8, 4) is 11.5 Å². The Labute approximate surface area is 158 Å². The van der Waals surface area contributed by atoms with Gasteiger partial charge >= 0.3 is 11.9 Å². The van der Waals surface area contributed by atoms with Crippen LogP contribution in [0.5, 0.6) is 11.5 Å². The topological polar surface area (TPSA) is 52.6 Å². The maximum atomic E-state index is 12.1. The Kier molecular flexibility index (Phi) is 9.39. The predicted octanol–water partition coefficient (Wildman–Crippen LogP) is 5.57. The molecule has 0 aliphatic carbocycles. The zero-order valence-corrected chi connectivity index (χ0v) is 17.1. The second kappa shape index (κ2) is 11.0. The fourth-order valence-corrected chi connectivity index (χ4v) is 2.48. The van der Waals surface area contributed by atoms with Crippen molar-refractivity contribution >= 4 is 11.9 Å². The lowest BCUT2D eigenvalue weighted by Crippen LogP contribution is -2.13. The van der Waals surface area contributed by atoms with Gasteiger partial charge in [0, 0.05) is 12.8 Å². The van der Waals surface area contributed by atoms with Crippen molar-refractivity contribution < 1.29 is 19.1 Å². The standard InChI is InChI=1S/C22H34O4/c1-15(2)7-11-21(23)25-19-10-9-18(13-17(5)6)14-20(19)26-22(24)12-8-16(3)4/h9-10,14-17H,7-8,11-13H2,1-6H3. The zero-order chi connectivity index (χ0) is 19.7. The predicted molar refractivity (Wildman–Crippen MR) is 104 cm³/mol. The van der Waals surface area contributed by atoms with Gasteiger partial charge in [-0.15, -0.1) is 0 Å². The van der Waals surface area contributed by atoms with E-state index in [0.29, 0.717) is 42.1 Å². The molecule has 0 bridgehead atoms. The molecule has 4 heteroatoms. The van der Waals surface area contributed by atoms with E-state index in [1.165, 1.54) is 0 Å². The largest absolute Gasteiger partial charge is 0.423 e. The summed E-state index contributed by atoms with van der Waals surface area (Å²) >= 11 is 0. The fourth-order valence-electron chi connectivity index (χ4n) is 2.48. The summed E-state index contributed by atoms with van der Waals surface area (Å²) in [5.74, 6) is 1.43. The van der Waals surface area contributed by atoms with Crippen molar-refractivity contribution in [3.05, 3.63) is 23.8 Å². The average Bonchev–Trinajstić information content (AvgIpc) is 2.53. The van der Waals surface area contributed by atoms with Gasteiger partial charge in [-0.2, -0.15) is 0 Å². The summed E-state index contributed by atoms with van der Waals surface area (Å²) < 4.78 is 11.0. The van der Waals surface area contributed by atoms with E-state index in [2.05, 4.69) is 41.5 Å². The van der Waals surface area contributed by atoms with Crippen LogP contribution in [0.25, 0.3) is 0 Å². The van der Waals surface area contributed by atoms with Crippen molar-refractivity contribution in [1.29, 1.82) is 0 Å². The van der Waals surface area contributed by atoms with Crippen LogP contribution in [0.3, 0.4) is 0 Å². The number of carbonyl (C=O) groups excluding carboxylic acids is 2. The van der Waals surface area contributed by atoms with Crippen LogP contribution in [-0.2, 0) is 16.0 Å². The van der Waals surface area contributed by atoms with Gasteiger partial charge in [0.25, 0.3) is 0 Å². The lowest BCUT2D eigenvalue weighted by molar-refractivity contribution is -0.137. The summed E-state index contributed by atoms with van der Waals surface area (Å²) in [6.45, 7) is 12.5. The molecule has 146 valence electrons. The Balaban J connectivity index is 2.89. The number of esters is 2. The van der Waals surface area contributed by atoms with Gasteiger partial charge in [-0.3, -0.25) is 9.59 Å². The quantitative estimate of drug-likeness (QED) is 0.403. The molecule has 0 N–H and O–H groups in total. The number of benzene rings is 1. The van der Waals surface area contributed by atoms with E-state index < -0.39 is 0 Å². The second-order valence-electron chi connectivity index (χ2n) is 8.19. The molecule has 1 aromatic rings. The fraction of sp³-hybridized carbons (Fsp3) is 0.636. The Hall–Kier alpha value is -1.84. The molecule has 0 saturated heterocycles. The first kappa shape index (κ1) is 22.2. The lowest BCUT2D eigenvalue weighted by Gasteiger charge is -2.14. The van der Waals surface area contributed by atoms with E-state index in [0.717, 1.165) is 24.8 Å². The number of rotatable bonds is 10. The monoisotopic (exact) mass is 362 g/mol. The Morgan fingerprint density at radius 2 is 1.27 bits per heavy atom. The first-order chi connectivity index (χ1) is 12.2. The highest BCUT2D eigenvalue weighted by atomic mass is 16.6. The first-order valence-electron chi connectivity index (χ1n) is 9.71. The molecule has 1 rings (SSSR count). The molecular formula is C22H34O4. The molecule has 0 saturated carbocycles. The third-order valence-corrected chi connectivity index (χ3v) is 3.95. The smallest absolute Gasteiger partial charge is 0.311 e. The van der Waals surface area contributed by atoms with E-state index in [-0.39, 0.29) is 11.9 Å². The maximum Gasteiger partial charge on any atom is 0.311 e. The van der Waals surface area contributed by atoms with Crippen molar-refractivity contribution in [1.82, 2.24) is 0 Å². The highest BCUT2D eigenvalue weighted by molar-refractivity contribution is 5.76. The van der Waals surface area contributed by atoms with Gasteiger partial charge in [-0.25, -0.2) is 0 Å². The van der Waals surface area contributed by atoms with Gasteiger partial charge in [0.15, 0.2) is 11.5 Å². The van der Waals surface area contributed by atoms with Gasteiger partial charge in [0.1, 0.15) is 0 Å². The Morgan fingerprint density at radius 3 is 1.73 bits per heavy atom. The minimum atomic E-state index is -0.296. The number of hydrogen-bond donors (Lipinski definition) is 0. The average molecular weight is 363 g/mol. The van der Waals surface area contributed by atoms with Gasteiger partial charge in [-0.1, -0.05) is 47.6 Å². The van der Waals surface area contributed by atoms with Crippen LogP contribution >= 0.6 is 0 Å². The van der Waals surface area contributed by atoms with Crippen molar-refractivity contribution in [3.63, 3.8) is 0 Å². The van der Waals surface area contributed by atoms with Crippen LogP contribution in [0.1, 0.15) is 72.8 Å². The van der Waals surface area contributed by atoms with E-state index in [1.807, 2.05) is 12.1 Å². The molecule has 0 heterocycles. The van der Waals surface area contributed by atoms with Crippen LogP contribution < -0.4 is 9.47 Å². The molecule has 0 spiro atoms. The summed E-state index contributed by atoms with van der Waals surface area (Å²) in [7, 11) is 0. The minimum absolute atomic E-state index is 0.292. The molecule has 0 unspecified atom stereocenters. The van der Waals surface area contributed by atoms with E-state index in [9.17, 15) is 9.59 Å². The number of carbonyl (C=O) groups is 2. The van der Waals surface area contributed by atoms with Crippen molar-refractivity contribution in [2.75, 3.05) is 0 Å². The van der Waals surface area contributed by atoms with Gasteiger partial charge in [0.2, 0.25) is 0 Å². The molecule has 0 atom stereocenters. The highest BCUT2D eigenvalue weighted by Crippen LogP contribution is 2.30. The Bertz CT molecular complexity index is 588. The molecule has 26 heavy (non-hydrogen) atoms. The van der Waals surface area contributed by atoms with Gasteiger partial charge < -0.3 is 9.47 Å². The second-order valence-corrected chi connectivity index (χ2v) is 8.19. The summed E-state index contributed by atoms with van der Waals surface area (Å²) in [6, 6.07) is 5.48. The van der Waals surface area contributed by atoms with E-state index in [1.54, 1.807) is 6.07 Å². The van der Waals surface area contributed by atoms with Crippen LogP contribution in [0, 0.1) is 17.8 Å². The molecule has 0 aliphatic heterocycles. The summed E-state index contributed by atoms with van der Waals surface area (Å²) in [4.78, 5) is 24.2. The van der Waals surface area contributed by atoms with Gasteiger partial charge in [0.05, 0.1) is 0 Å². The van der Waals surface area contributed by atoms with Crippen LogP contribution in [0.15, 0.2) is 18.2 Å². The third-order valence-electron chi connectivity index (χ3n) is 3.95. The minimum Gasteiger partial charge on any atom is -0.423 e. The van der Waals surface area contributed by atoms with E-state index >= 15 is 0 Å². The molecule has 0 aliphatic rings. The van der Waals surface area contributed by atoms with Crippen LogP contribution in [0.2, 0.25) is 0 Å². The molecule has 0 radical (unpaired) electrons. The summed E-state index contributed by atoms with van der Waals surface area (Å²) in [6.07, 6.45) is 3.12. The third kappa shape index (κ3) is 9.02. The van der Waals surface area contributed by atoms with E-state index in [4.69, 9.17) is 9.47 Å². The van der Waals surface area contributed by atoms with Crippen LogP contribution in [0.4, 0.5) is 0 Å². The molecule has 0 aromatic heterocycles. The molecular weight excluding hydrogens is 328 g/mol. The summed E-state index contributed by atoms with van der Waals surface area (Å²) in [5, 5.41) is 0. The molecule has 1 aromatic carbocycles. The molecule has 4 nitrogen and oxygen atoms in total. The van der Waals surface area contributed by atoms with Crippen LogP contribution in [-0.4, -0.2) is 11.9 Å². The zero-order valence-electron chi connectivity index (χ0n) is 17.1. The van der Waals surface area contributed by atoms with Crippen molar-refractivity contribution in [2.24, 2.45) is 17.8 Å². The summed E-state index contributed by atoms with van der Waals surface area (Å²) in [5.41, 5.74) is 1.06. The highest BCUT2D eigenvalue weighted by Gasteiger charge is 2.16. The normalized spacial score (nSPS) is 11.3. The maximum absolute atomic E-state index is 12.1. The van der Waals surface area contributed by atoms with Crippen molar-refractivity contribution in [2.45, 2.75) is 73.6 Å². The molecule has 0 amide bonds. The first-order valence-corrected chi connectivity index (χ1v) is 9.71. The molecule has 0 fully saturated rings. The Morgan fingerprint density at radius 1 is 0.769 bits per heavy atom. The SMILES string of the molecule is CC(C)CCC(=O)Oc1ccc(CC(C)C)cc1OC(=O)CCC(C)C. The number of ether oxygens (including phenoxy) is 2. The lowest BCUT2D eigenvalue weighted by atomic mass is 10.0. The number of hydrogen-bond acceptors (Lipinski definition) is 4. The van der Waals surface area contributed by atoms with Gasteiger partial charge in [-0.05, 0) is 54.7 Å².